The Balaban J connectivity index is 1.67. The summed E-state index contributed by atoms with van der Waals surface area (Å²) < 4.78 is 0. The lowest BCUT2D eigenvalue weighted by Crippen LogP contribution is -2.30. The zero-order valence-corrected chi connectivity index (χ0v) is 20.5. The monoisotopic (exact) mass is 444 g/mol. The zero-order valence-electron chi connectivity index (χ0n) is 20.5. The van der Waals surface area contributed by atoms with E-state index in [0.29, 0.717) is 0 Å². The van der Waals surface area contributed by atoms with Gasteiger partial charge in [-0.25, -0.2) is 0 Å². The maximum absolute atomic E-state index is 4.71. The van der Waals surface area contributed by atoms with Gasteiger partial charge in [-0.3, -0.25) is 0 Å². The summed E-state index contributed by atoms with van der Waals surface area (Å²) >= 11 is 0. The fraction of sp³-hybridized carbons (Fsp3) is 0.188. The highest BCUT2D eigenvalue weighted by molar-refractivity contribution is 5.89. The number of nitrogens with zero attached hydrogens (tertiary/aromatic N) is 2. The fourth-order valence-corrected chi connectivity index (χ4v) is 5.49. The Hall–Kier alpha value is -3.78. The Morgan fingerprint density at radius 3 is 2.06 bits per heavy atom. The third-order valence-corrected chi connectivity index (χ3v) is 7.39. The van der Waals surface area contributed by atoms with Crippen LogP contribution in [0.25, 0.3) is 10.8 Å². The van der Waals surface area contributed by atoms with E-state index in [2.05, 4.69) is 135 Å². The molecule has 1 aliphatic rings. The molecule has 2 nitrogen and oxygen atoms in total. The number of fused-ring (bicyclic) bond motifs is 2. The molecule has 5 rings (SSSR count). The van der Waals surface area contributed by atoms with Crippen molar-refractivity contribution in [3.05, 3.63) is 132 Å². The summed E-state index contributed by atoms with van der Waals surface area (Å²) in [5.41, 5.74) is 7.23. The number of aryl methyl sites for hydroxylation is 1. The Labute approximate surface area is 203 Å². The first-order valence-electron chi connectivity index (χ1n) is 11.9. The van der Waals surface area contributed by atoms with Crippen molar-refractivity contribution >= 4 is 22.1 Å². The molecule has 0 fully saturated rings. The van der Waals surface area contributed by atoms with Gasteiger partial charge in [0.1, 0.15) is 5.82 Å². The van der Waals surface area contributed by atoms with Crippen molar-refractivity contribution in [2.75, 3.05) is 23.9 Å². The molecule has 4 aromatic carbocycles. The Morgan fingerprint density at radius 2 is 1.38 bits per heavy atom. The van der Waals surface area contributed by atoms with Gasteiger partial charge < -0.3 is 9.80 Å². The lowest BCUT2D eigenvalue weighted by atomic mass is 9.69. The molecular weight excluding hydrogens is 412 g/mol. The molecule has 0 amide bonds. The molecule has 0 saturated heterocycles. The van der Waals surface area contributed by atoms with Crippen LogP contribution in [0.1, 0.15) is 23.6 Å². The van der Waals surface area contributed by atoms with Crippen LogP contribution in [-0.4, -0.2) is 14.1 Å². The minimum Gasteiger partial charge on any atom is -0.329 e. The Morgan fingerprint density at radius 1 is 0.794 bits per heavy atom. The highest BCUT2D eigenvalue weighted by Gasteiger charge is 2.34. The van der Waals surface area contributed by atoms with Gasteiger partial charge in [-0.05, 0) is 64.6 Å². The minimum absolute atomic E-state index is 0.282. The molecule has 2 heteroatoms. The standard InChI is InChI=1S/C32H32N2/c1-23-19-20-26-15-9-10-16-27(26)31(23)32(3,22-25-13-7-6-8-14-25)24(2)21-30-33(4)28-17-11-12-18-29(28)34(30)5/h6-21H,2,22H2,1,3-5H3. The average molecular weight is 445 g/mol. The molecule has 170 valence electrons. The van der Waals surface area contributed by atoms with Crippen LogP contribution in [0.4, 0.5) is 11.4 Å². The molecule has 0 aliphatic carbocycles. The minimum atomic E-state index is -0.282. The van der Waals surface area contributed by atoms with Crippen LogP contribution in [0.5, 0.6) is 0 Å². The maximum atomic E-state index is 4.71. The third-order valence-electron chi connectivity index (χ3n) is 7.39. The van der Waals surface area contributed by atoms with Crippen molar-refractivity contribution in [3.63, 3.8) is 0 Å². The van der Waals surface area contributed by atoms with Gasteiger partial charge in [-0.1, -0.05) is 92.4 Å². The quantitative estimate of drug-likeness (QED) is 0.312. The summed E-state index contributed by atoms with van der Waals surface area (Å²) in [5.74, 6) is 1.14. The van der Waals surface area contributed by atoms with Crippen molar-refractivity contribution in [3.8, 4) is 0 Å². The lowest BCUT2D eigenvalue weighted by molar-refractivity contribution is 0.568. The van der Waals surface area contributed by atoms with Gasteiger partial charge in [0.25, 0.3) is 0 Å². The molecule has 1 aliphatic heterocycles. The topological polar surface area (TPSA) is 6.48 Å². The predicted octanol–water partition coefficient (Wildman–Crippen LogP) is 7.63. The molecule has 0 N–H and O–H groups in total. The summed E-state index contributed by atoms with van der Waals surface area (Å²) in [6, 6.07) is 32.5. The molecule has 34 heavy (non-hydrogen) atoms. The third kappa shape index (κ3) is 3.60. The van der Waals surface area contributed by atoms with Gasteiger partial charge in [-0.15, -0.1) is 0 Å². The molecule has 0 spiro atoms. The highest BCUT2D eigenvalue weighted by Crippen LogP contribution is 2.44. The second-order valence-corrected chi connectivity index (χ2v) is 9.61. The number of allylic oxidation sites excluding steroid dienone is 2. The van der Waals surface area contributed by atoms with E-state index >= 15 is 0 Å². The van der Waals surface area contributed by atoms with E-state index in [1.54, 1.807) is 0 Å². The lowest BCUT2D eigenvalue weighted by Gasteiger charge is -2.35. The second-order valence-electron chi connectivity index (χ2n) is 9.61. The number of rotatable bonds is 5. The van der Waals surface area contributed by atoms with Crippen molar-refractivity contribution in [2.45, 2.75) is 25.7 Å². The molecule has 0 bridgehead atoms. The van der Waals surface area contributed by atoms with E-state index < -0.39 is 0 Å². The summed E-state index contributed by atoms with van der Waals surface area (Å²) in [5, 5.41) is 2.57. The molecule has 1 heterocycles. The van der Waals surface area contributed by atoms with Crippen LogP contribution in [-0.2, 0) is 11.8 Å². The van der Waals surface area contributed by atoms with Crippen molar-refractivity contribution in [1.82, 2.24) is 0 Å². The summed E-state index contributed by atoms with van der Waals surface area (Å²) in [4.78, 5) is 4.53. The van der Waals surface area contributed by atoms with E-state index in [0.717, 1.165) is 17.8 Å². The largest absolute Gasteiger partial charge is 0.329 e. The van der Waals surface area contributed by atoms with Gasteiger partial charge in [0.15, 0.2) is 0 Å². The molecule has 4 aromatic rings. The summed E-state index contributed by atoms with van der Waals surface area (Å²) in [7, 11) is 4.28. The zero-order chi connectivity index (χ0) is 23.9. The smallest absolute Gasteiger partial charge is 0.113 e. The van der Waals surface area contributed by atoms with Crippen molar-refractivity contribution in [1.29, 1.82) is 0 Å². The average Bonchev–Trinajstić information content (AvgIpc) is 3.09. The Kier molecular flexibility index (Phi) is 5.53. The molecule has 0 aromatic heterocycles. The highest BCUT2D eigenvalue weighted by atomic mass is 15.4. The molecule has 1 atom stereocenters. The van der Waals surface area contributed by atoms with Crippen LogP contribution < -0.4 is 9.80 Å². The van der Waals surface area contributed by atoms with E-state index in [4.69, 9.17) is 6.58 Å². The number of hydrogen-bond donors (Lipinski definition) is 0. The summed E-state index contributed by atoms with van der Waals surface area (Å²) in [6.07, 6.45) is 3.16. The van der Waals surface area contributed by atoms with Gasteiger partial charge in [0.05, 0.1) is 11.4 Å². The van der Waals surface area contributed by atoms with E-state index in [1.165, 1.54) is 38.8 Å². The van der Waals surface area contributed by atoms with Crippen LogP contribution >= 0.6 is 0 Å². The maximum Gasteiger partial charge on any atom is 0.113 e. The van der Waals surface area contributed by atoms with Crippen LogP contribution in [0.2, 0.25) is 0 Å². The molecule has 0 saturated carbocycles. The van der Waals surface area contributed by atoms with Crippen LogP contribution in [0.3, 0.4) is 0 Å². The Bertz CT molecular complexity index is 1370. The van der Waals surface area contributed by atoms with Crippen molar-refractivity contribution < 1.29 is 0 Å². The second kappa shape index (κ2) is 8.53. The first-order valence-corrected chi connectivity index (χ1v) is 11.9. The van der Waals surface area contributed by atoms with Crippen LogP contribution in [0.15, 0.2) is 115 Å². The van der Waals surface area contributed by atoms with E-state index in [1.807, 2.05) is 0 Å². The molecule has 0 radical (unpaired) electrons. The summed E-state index contributed by atoms with van der Waals surface area (Å²) in [6.45, 7) is 9.30. The van der Waals surface area contributed by atoms with Gasteiger partial charge in [0, 0.05) is 19.5 Å². The van der Waals surface area contributed by atoms with Crippen LogP contribution in [0, 0.1) is 6.92 Å². The van der Waals surface area contributed by atoms with E-state index in [9.17, 15) is 0 Å². The first-order chi connectivity index (χ1) is 16.4. The van der Waals surface area contributed by atoms with Gasteiger partial charge in [0.2, 0.25) is 0 Å². The molecule has 1 unspecified atom stereocenters. The number of para-hydroxylation sites is 2. The van der Waals surface area contributed by atoms with Crippen molar-refractivity contribution in [2.24, 2.45) is 0 Å². The SMILES string of the molecule is C=C(C=C1N(C)c2ccccc2N1C)C(C)(Cc1ccccc1)c1c(C)ccc2ccccc12. The van der Waals surface area contributed by atoms with E-state index in [-0.39, 0.29) is 5.41 Å². The first kappa shape index (κ1) is 22.0. The number of anilines is 2. The van der Waals surface area contributed by atoms with Gasteiger partial charge >= 0.3 is 0 Å². The fourth-order valence-electron chi connectivity index (χ4n) is 5.49. The number of benzene rings is 4. The predicted molar refractivity (Wildman–Crippen MR) is 147 cm³/mol. The normalized spacial score (nSPS) is 14.8. The number of hydrogen-bond acceptors (Lipinski definition) is 2. The molecular formula is C32H32N2. The van der Waals surface area contributed by atoms with Gasteiger partial charge in [-0.2, -0.15) is 0 Å².